The van der Waals surface area contributed by atoms with Gasteiger partial charge in [-0.2, -0.15) is 0 Å². The van der Waals surface area contributed by atoms with Gasteiger partial charge in [-0.15, -0.1) is 0 Å². The molecular formula is C14H21NO3. The van der Waals surface area contributed by atoms with E-state index < -0.39 is 5.97 Å². The van der Waals surface area contributed by atoms with Crippen LogP contribution in [0, 0.1) is 0 Å². The normalized spacial score (nSPS) is 10.5. The van der Waals surface area contributed by atoms with Crippen LogP contribution in [0.2, 0.25) is 0 Å². The second-order valence-corrected chi connectivity index (χ2v) is 4.15. The summed E-state index contributed by atoms with van der Waals surface area (Å²) >= 11 is 0. The van der Waals surface area contributed by atoms with E-state index in [2.05, 4.69) is 12.2 Å². The lowest BCUT2D eigenvalue weighted by Crippen LogP contribution is -2.16. The quantitative estimate of drug-likeness (QED) is 0.661. The van der Waals surface area contributed by atoms with Gasteiger partial charge in [-0.1, -0.05) is 19.1 Å². The molecule has 0 radical (unpaired) electrons. The summed E-state index contributed by atoms with van der Waals surface area (Å²) in [5, 5.41) is 12.1. The van der Waals surface area contributed by atoms with E-state index in [0.29, 0.717) is 12.1 Å². The van der Waals surface area contributed by atoms with Crippen molar-refractivity contribution in [3.05, 3.63) is 35.4 Å². The molecule has 2 N–H and O–H groups in total. The first kappa shape index (κ1) is 14.7. The highest BCUT2D eigenvalue weighted by Gasteiger charge is 2.02. The second kappa shape index (κ2) is 8.66. The molecule has 4 nitrogen and oxygen atoms in total. The van der Waals surface area contributed by atoms with Crippen molar-refractivity contribution in [3.63, 3.8) is 0 Å². The third-order valence-electron chi connectivity index (χ3n) is 2.49. The molecule has 0 aliphatic heterocycles. The first-order valence-electron chi connectivity index (χ1n) is 6.34. The Kier molecular flexibility index (Phi) is 7.06. The summed E-state index contributed by atoms with van der Waals surface area (Å²) < 4.78 is 5.37. The number of benzene rings is 1. The number of rotatable bonds is 9. The van der Waals surface area contributed by atoms with Gasteiger partial charge in [0.25, 0.3) is 0 Å². The molecule has 1 rings (SSSR count). The van der Waals surface area contributed by atoms with Crippen LogP contribution in [0.15, 0.2) is 24.3 Å². The van der Waals surface area contributed by atoms with Gasteiger partial charge in [-0.3, -0.25) is 0 Å². The van der Waals surface area contributed by atoms with Crippen LogP contribution in [0.3, 0.4) is 0 Å². The number of carboxylic acid groups (broad SMARTS) is 1. The van der Waals surface area contributed by atoms with Crippen molar-refractivity contribution in [2.75, 3.05) is 19.8 Å². The second-order valence-electron chi connectivity index (χ2n) is 4.15. The van der Waals surface area contributed by atoms with Crippen molar-refractivity contribution in [3.8, 4) is 0 Å². The Hall–Kier alpha value is -1.39. The van der Waals surface area contributed by atoms with Crippen molar-refractivity contribution < 1.29 is 14.6 Å². The predicted molar refractivity (Wildman–Crippen MR) is 70.8 cm³/mol. The third kappa shape index (κ3) is 5.80. The zero-order chi connectivity index (χ0) is 13.2. The van der Waals surface area contributed by atoms with E-state index in [9.17, 15) is 4.79 Å². The summed E-state index contributed by atoms with van der Waals surface area (Å²) in [6, 6.07) is 6.99. The Morgan fingerprint density at radius 2 is 2.22 bits per heavy atom. The molecule has 0 saturated heterocycles. The summed E-state index contributed by atoms with van der Waals surface area (Å²) in [6.07, 6.45) is 2.02. The van der Waals surface area contributed by atoms with Crippen LogP contribution >= 0.6 is 0 Å². The number of ether oxygens (including phenoxy) is 1. The molecule has 0 saturated carbocycles. The number of nitrogens with one attached hydrogen (secondary N) is 1. The number of carbonyl (C=O) groups is 1. The smallest absolute Gasteiger partial charge is 0.335 e. The molecule has 0 bridgehead atoms. The van der Waals surface area contributed by atoms with Crippen molar-refractivity contribution >= 4 is 5.97 Å². The van der Waals surface area contributed by atoms with E-state index in [1.54, 1.807) is 18.2 Å². The van der Waals surface area contributed by atoms with Crippen LogP contribution < -0.4 is 5.32 Å². The lowest BCUT2D eigenvalue weighted by atomic mass is 10.1. The van der Waals surface area contributed by atoms with Crippen LogP contribution in [0.1, 0.15) is 35.7 Å². The SMILES string of the molecule is CCCOCCCNCc1cccc(C(=O)O)c1. The number of hydrogen-bond acceptors (Lipinski definition) is 3. The largest absolute Gasteiger partial charge is 0.478 e. The molecule has 1 aromatic carbocycles. The van der Waals surface area contributed by atoms with E-state index in [1.165, 1.54) is 0 Å². The Balaban J connectivity index is 2.19. The Labute approximate surface area is 108 Å². The molecule has 0 atom stereocenters. The first-order valence-corrected chi connectivity index (χ1v) is 6.34. The van der Waals surface area contributed by atoms with Crippen molar-refractivity contribution in [1.29, 1.82) is 0 Å². The first-order chi connectivity index (χ1) is 8.74. The molecule has 0 fully saturated rings. The van der Waals surface area contributed by atoms with Gasteiger partial charge in [0.15, 0.2) is 0 Å². The summed E-state index contributed by atoms with van der Waals surface area (Å²) in [5.41, 5.74) is 1.32. The van der Waals surface area contributed by atoms with Gasteiger partial charge in [0.05, 0.1) is 5.56 Å². The fourth-order valence-corrected chi connectivity index (χ4v) is 1.59. The predicted octanol–water partition coefficient (Wildman–Crippen LogP) is 2.29. The van der Waals surface area contributed by atoms with Crippen molar-refractivity contribution in [2.24, 2.45) is 0 Å². The van der Waals surface area contributed by atoms with Crippen LogP contribution in [-0.4, -0.2) is 30.8 Å². The van der Waals surface area contributed by atoms with E-state index in [4.69, 9.17) is 9.84 Å². The van der Waals surface area contributed by atoms with E-state index in [1.807, 2.05) is 6.07 Å². The van der Waals surface area contributed by atoms with Crippen molar-refractivity contribution in [1.82, 2.24) is 5.32 Å². The van der Waals surface area contributed by atoms with E-state index in [-0.39, 0.29) is 0 Å². The average Bonchev–Trinajstić information content (AvgIpc) is 2.38. The topological polar surface area (TPSA) is 58.6 Å². The third-order valence-corrected chi connectivity index (χ3v) is 2.49. The zero-order valence-corrected chi connectivity index (χ0v) is 10.8. The molecule has 0 heterocycles. The molecule has 100 valence electrons. The van der Waals surface area contributed by atoms with Crippen LogP contribution in [0.5, 0.6) is 0 Å². The van der Waals surface area contributed by atoms with Crippen LogP contribution in [0.4, 0.5) is 0 Å². The molecule has 0 unspecified atom stereocenters. The fourth-order valence-electron chi connectivity index (χ4n) is 1.59. The number of hydrogen-bond donors (Lipinski definition) is 2. The average molecular weight is 251 g/mol. The Morgan fingerprint density at radius 1 is 1.39 bits per heavy atom. The monoisotopic (exact) mass is 251 g/mol. The maximum Gasteiger partial charge on any atom is 0.335 e. The molecule has 4 heteroatoms. The maximum atomic E-state index is 10.8. The Morgan fingerprint density at radius 3 is 2.94 bits per heavy atom. The Bertz CT molecular complexity index is 366. The minimum Gasteiger partial charge on any atom is -0.478 e. The van der Waals surface area contributed by atoms with E-state index in [0.717, 1.165) is 38.2 Å². The van der Waals surface area contributed by atoms with Gasteiger partial charge in [0.2, 0.25) is 0 Å². The molecule has 0 spiro atoms. The summed E-state index contributed by atoms with van der Waals surface area (Å²) in [4.78, 5) is 10.8. The highest BCUT2D eigenvalue weighted by molar-refractivity contribution is 5.87. The molecular weight excluding hydrogens is 230 g/mol. The minimum atomic E-state index is -0.884. The lowest BCUT2D eigenvalue weighted by molar-refractivity contribution is 0.0696. The lowest BCUT2D eigenvalue weighted by Gasteiger charge is -2.06. The van der Waals surface area contributed by atoms with Crippen LogP contribution in [0.25, 0.3) is 0 Å². The van der Waals surface area contributed by atoms with Gasteiger partial charge in [0.1, 0.15) is 0 Å². The van der Waals surface area contributed by atoms with Gasteiger partial charge >= 0.3 is 5.97 Å². The van der Waals surface area contributed by atoms with Crippen LogP contribution in [-0.2, 0) is 11.3 Å². The summed E-state index contributed by atoms with van der Waals surface area (Å²) in [5.74, 6) is -0.884. The summed E-state index contributed by atoms with van der Waals surface area (Å²) in [7, 11) is 0. The molecule has 18 heavy (non-hydrogen) atoms. The standard InChI is InChI=1S/C14H21NO3/c1-2-8-18-9-4-7-15-11-12-5-3-6-13(10-12)14(16)17/h3,5-6,10,15H,2,4,7-9,11H2,1H3,(H,16,17). The molecule has 0 aliphatic rings. The molecule has 0 amide bonds. The minimum absolute atomic E-state index is 0.334. The highest BCUT2D eigenvalue weighted by Crippen LogP contribution is 2.04. The molecule has 1 aromatic rings. The van der Waals surface area contributed by atoms with Gasteiger partial charge < -0.3 is 15.2 Å². The van der Waals surface area contributed by atoms with Gasteiger partial charge in [0, 0.05) is 19.8 Å². The maximum absolute atomic E-state index is 10.8. The highest BCUT2D eigenvalue weighted by atomic mass is 16.5. The van der Waals surface area contributed by atoms with E-state index >= 15 is 0 Å². The molecule has 0 aliphatic carbocycles. The zero-order valence-electron chi connectivity index (χ0n) is 10.8. The van der Waals surface area contributed by atoms with Gasteiger partial charge in [-0.25, -0.2) is 4.79 Å². The number of carboxylic acids is 1. The molecule has 0 aromatic heterocycles. The fraction of sp³-hybridized carbons (Fsp3) is 0.500. The number of aromatic carboxylic acids is 1. The van der Waals surface area contributed by atoms with Crippen molar-refractivity contribution in [2.45, 2.75) is 26.3 Å². The van der Waals surface area contributed by atoms with Gasteiger partial charge in [-0.05, 0) is 37.1 Å². The summed E-state index contributed by atoms with van der Waals surface area (Å²) in [6.45, 7) is 5.25.